The zero-order valence-electron chi connectivity index (χ0n) is 19.2. The molecule has 2 rings (SSSR count). The third-order valence-corrected chi connectivity index (χ3v) is 6.03. The number of guanidine groups is 1. The first kappa shape index (κ1) is 24.9. The summed E-state index contributed by atoms with van der Waals surface area (Å²) in [4.78, 5) is 9.38. The molecular weight excluding hydrogens is 398 g/mol. The van der Waals surface area contributed by atoms with Gasteiger partial charge in [-0.15, -0.1) is 0 Å². The van der Waals surface area contributed by atoms with E-state index in [2.05, 4.69) is 58.3 Å². The molecule has 2 atom stereocenters. The molecule has 0 aromatic heterocycles. The highest BCUT2D eigenvalue weighted by Crippen LogP contribution is 2.24. The maximum absolute atomic E-state index is 6.28. The zero-order chi connectivity index (χ0) is 21.8. The molecular formula is C23H40ClN5O. The lowest BCUT2D eigenvalue weighted by Crippen LogP contribution is -2.48. The van der Waals surface area contributed by atoms with Crippen molar-refractivity contribution < 1.29 is 4.74 Å². The average Bonchev–Trinajstić information content (AvgIpc) is 2.77. The Morgan fingerprint density at radius 3 is 2.63 bits per heavy atom. The van der Waals surface area contributed by atoms with Gasteiger partial charge in [-0.2, -0.15) is 0 Å². The van der Waals surface area contributed by atoms with E-state index < -0.39 is 0 Å². The third kappa shape index (κ3) is 8.42. The third-order valence-electron chi connectivity index (χ3n) is 5.80. The first-order valence-corrected chi connectivity index (χ1v) is 11.7. The van der Waals surface area contributed by atoms with Crippen LogP contribution in [0.5, 0.6) is 0 Å². The second-order valence-corrected chi connectivity index (χ2v) is 8.32. The average molecular weight is 438 g/mol. The minimum absolute atomic E-state index is 0.226. The molecule has 170 valence electrons. The number of ether oxygens (including phenoxy) is 1. The van der Waals surface area contributed by atoms with Crippen molar-refractivity contribution in [3.8, 4) is 0 Å². The van der Waals surface area contributed by atoms with Gasteiger partial charge in [0.2, 0.25) is 0 Å². The van der Waals surface area contributed by atoms with Crippen LogP contribution in [0.15, 0.2) is 29.3 Å². The van der Waals surface area contributed by atoms with Gasteiger partial charge in [-0.25, -0.2) is 0 Å². The monoisotopic (exact) mass is 437 g/mol. The van der Waals surface area contributed by atoms with Gasteiger partial charge < -0.3 is 20.3 Å². The fourth-order valence-electron chi connectivity index (χ4n) is 3.92. The van der Waals surface area contributed by atoms with Crippen molar-refractivity contribution in [3.63, 3.8) is 0 Å². The minimum Gasteiger partial charge on any atom is -0.379 e. The summed E-state index contributed by atoms with van der Waals surface area (Å²) in [5.41, 5.74) is 1.22. The highest BCUT2D eigenvalue weighted by Gasteiger charge is 2.23. The van der Waals surface area contributed by atoms with Crippen molar-refractivity contribution in [2.75, 3.05) is 59.5 Å². The van der Waals surface area contributed by atoms with E-state index in [1.54, 1.807) is 0 Å². The van der Waals surface area contributed by atoms with Gasteiger partial charge >= 0.3 is 0 Å². The summed E-state index contributed by atoms with van der Waals surface area (Å²) in [6.45, 7) is 14.2. The Balaban J connectivity index is 1.90. The number of halogens is 1. The van der Waals surface area contributed by atoms with Crippen molar-refractivity contribution in [2.24, 2.45) is 4.99 Å². The molecule has 2 unspecified atom stereocenters. The number of hydrogen-bond donors (Lipinski definition) is 2. The lowest BCUT2D eigenvalue weighted by Gasteiger charge is -2.35. The number of morpholine rings is 1. The van der Waals surface area contributed by atoms with Crippen LogP contribution in [0.4, 0.5) is 0 Å². The molecule has 1 fully saturated rings. The van der Waals surface area contributed by atoms with Gasteiger partial charge in [0.05, 0.1) is 19.3 Å². The Hall–Kier alpha value is -1.34. The van der Waals surface area contributed by atoms with Crippen molar-refractivity contribution >= 4 is 17.6 Å². The molecule has 0 bridgehead atoms. The van der Waals surface area contributed by atoms with Crippen LogP contribution in [-0.4, -0.2) is 81.3 Å². The van der Waals surface area contributed by atoms with Crippen molar-refractivity contribution in [1.82, 2.24) is 20.4 Å². The minimum atomic E-state index is 0.226. The number of rotatable bonds is 11. The molecule has 1 saturated heterocycles. The number of aliphatic imine (C=N–C) groups is 1. The summed E-state index contributed by atoms with van der Waals surface area (Å²) in [6.07, 6.45) is 2.31. The number of hydrogen-bond acceptors (Lipinski definition) is 4. The molecule has 0 saturated carbocycles. The van der Waals surface area contributed by atoms with Crippen LogP contribution in [0.2, 0.25) is 5.02 Å². The Labute approximate surface area is 188 Å². The summed E-state index contributed by atoms with van der Waals surface area (Å²) in [6, 6.07) is 8.77. The molecule has 1 heterocycles. The van der Waals surface area contributed by atoms with Crippen LogP contribution in [0, 0.1) is 0 Å². The molecule has 0 amide bonds. The standard InChI is InChI=1S/C23H40ClN5O/c1-5-28(6-2)12-8-9-19(3)27-23(25-4)26-18-22(29-13-15-30-16-14-29)20-10-7-11-21(24)17-20/h7,10-11,17,19,22H,5-6,8-9,12-16,18H2,1-4H3,(H2,25,26,27). The maximum Gasteiger partial charge on any atom is 0.191 e. The summed E-state index contributed by atoms with van der Waals surface area (Å²) in [7, 11) is 1.83. The van der Waals surface area contributed by atoms with Crippen LogP contribution < -0.4 is 10.6 Å². The molecule has 30 heavy (non-hydrogen) atoms. The molecule has 1 aromatic carbocycles. The largest absolute Gasteiger partial charge is 0.379 e. The van der Waals surface area contributed by atoms with Crippen molar-refractivity contribution in [1.29, 1.82) is 0 Å². The normalized spacial score (nSPS) is 17.7. The maximum atomic E-state index is 6.28. The SMILES string of the molecule is CCN(CC)CCCC(C)NC(=NC)NCC(c1cccc(Cl)c1)N1CCOCC1. The molecule has 1 aliphatic rings. The molecule has 7 heteroatoms. The van der Waals surface area contributed by atoms with E-state index in [0.717, 1.165) is 69.9 Å². The zero-order valence-corrected chi connectivity index (χ0v) is 19.9. The van der Waals surface area contributed by atoms with Crippen LogP contribution in [0.25, 0.3) is 0 Å². The molecule has 1 aromatic rings. The van der Waals surface area contributed by atoms with Crippen LogP contribution in [0.3, 0.4) is 0 Å². The van der Waals surface area contributed by atoms with E-state index in [1.165, 1.54) is 12.0 Å². The lowest BCUT2D eigenvalue weighted by atomic mass is 10.0. The fraction of sp³-hybridized carbons (Fsp3) is 0.696. The van der Waals surface area contributed by atoms with Gasteiger partial charge in [-0.1, -0.05) is 37.6 Å². The van der Waals surface area contributed by atoms with E-state index in [1.807, 2.05) is 19.2 Å². The number of nitrogens with zero attached hydrogens (tertiary/aromatic N) is 3. The quantitative estimate of drug-likeness (QED) is 0.410. The van der Waals surface area contributed by atoms with Gasteiger partial charge in [0.25, 0.3) is 0 Å². The molecule has 0 aliphatic carbocycles. The predicted octanol–water partition coefficient (Wildman–Crippen LogP) is 3.39. The molecule has 6 nitrogen and oxygen atoms in total. The number of benzene rings is 1. The van der Waals surface area contributed by atoms with E-state index in [4.69, 9.17) is 16.3 Å². The van der Waals surface area contributed by atoms with Gasteiger partial charge in [0, 0.05) is 37.7 Å². The van der Waals surface area contributed by atoms with Crippen molar-refractivity contribution in [2.45, 2.75) is 45.7 Å². The highest BCUT2D eigenvalue weighted by atomic mass is 35.5. The van der Waals surface area contributed by atoms with Crippen molar-refractivity contribution in [3.05, 3.63) is 34.9 Å². The van der Waals surface area contributed by atoms with E-state index >= 15 is 0 Å². The summed E-state index contributed by atoms with van der Waals surface area (Å²) in [5, 5.41) is 7.86. The fourth-order valence-corrected chi connectivity index (χ4v) is 4.11. The number of nitrogens with one attached hydrogen (secondary N) is 2. The Morgan fingerprint density at radius 2 is 2.00 bits per heavy atom. The Bertz CT molecular complexity index is 632. The van der Waals surface area contributed by atoms with Gasteiger partial charge in [-0.05, 0) is 57.1 Å². The molecule has 0 spiro atoms. The van der Waals surface area contributed by atoms with Gasteiger partial charge in [-0.3, -0.25) is 9.89 Å². The lowest BCUT2D eigenvalue weighted by molar-refractivity contribution is 0.0170. The van der Waals surface area contributed by atoms with Gasteiger partial charge in [0.15, 0.2) is 5.96 Å². The predicted molar refractivity (Wildman–Crippen MR) is 128 cm³/mol. The van der Waals surface area contributed by atoms with E-state index in [9.17, 15) is 0 Å². The Morgan fingerprint density at radius 1 is 1.27 bits per heavy atom. The smallest absolute Gasteiger partial charge is 0.191 e. The first-order chi connectivity index (χ1) is 14.6. The van der Waals surface area contributed by atoms with Crippen LogP contribution in [0.1, 0.15) is 45.2 Å². The second-order valence-electron chi connectivity index (χ2n) is 7.89. The summed E-state index contributed by atoms with van der Waals surface area (Å²) in [5.74, 6) is 0.852. The summed E-state index contributed by atoms with van der Waals surface area (Å²) < 4.78 is 5.55. The van der Waals surface area contributed by atoms with E-state index in [0.29, 0.717) is 6.04 Å². The highest BCUT2D eigenvalue weighted by molar-refractivity contribution is 6.30. The summed E-state index contributed by atoms with van der Waals surface area (Å²) >= 11 is 6.28. The van der Waals surface area contributed by atoms with Crippen LogP contribution >= 0.6 is 11.6 Å². The first-order valence-electron chi connectivity index (χ1n) is 11.3. The topological polar surface area (TPSA) is 52.1 Å². The molecule has 0 radical (unpaired) electrons. The molecule has 2 N–H and O–H groups in total. The second kappa shape index (κ2) is 13.9. The van der Waals surface area contributed by atoms with E-state index in [-0.39, 0.29) is 6.04 Å². The Kier molecular flexibility index (Phi) is 11.5. The van der Waals surface area contributed by atoms with Crippen LogP contribution in [-0.2, 0) is 4.74 Å². The molecule has 1 aliphatic heterocycles. The van der Waals surface area contributed by atoms with Gasteiger partial charge in [0.1, 0.15) is 0 Å².